The third-order valence-electron chi connectivity index (χ3n) is 1.26. The average molecular weight is 171 g/mol. The Morgan fingerprint density at radius 1 is 1.82 bits per heavy atom. The van der Waals surface area contributed by atoms with E-state index >= 15 is 0 Å². The molecule has 0 unspecified atom stereocenters. The Balaban J connectivity index is 2.93. The molecule has 1 amide bonds. The number of carbonyl (C=O) groups is 1. The molecule has 1 aromatic rings. The van der Waals surface area contributed by atoms with Crippen LogP contribution in [-0.4, -0.2) is 22.9 Å². The number of hydrazine groups is 1. The van der Waals surface area contributed by atoms with Crippen LogP contribution in [0, 0.1) is 6.92 Å². The molecule has 0 aliphatic heterocycles. The number of rotatable bonds is 1. The summed E-state index contributed by atoms with van der Waals surface area (Å²) < 4.78 is 0. The topological polar surface area (TPSA) is 59.2 Å². The molecule has 0 bridgehead atoms. The Morgan fingerprint density at radius 2 is 2.45 bits per heavy atom. The van der Waals surface area contributed by atoms with E-state index in [0.29, 0.717) is 4.88 Å². The Labute approximate surface area is 68.6 Å². The van der Waals surface area contributed by atoms with Crippen LogP contribution in [0.15, 0.2) is 5.51 Å². The monoisotopic (exact) mass is 171 g/mol. The van der Waals surface area contributed by atoms with Crippen molar-refractivity contribution in [3.8, 4) is 0 Å². The van der Waals surface area contributed by atoms with Crippen LogP contribution >= 0.6 is 11.3 Å². The largest absolute Gasteiger partial charge is 0.279 e. The van der Waals surface area contributed by atoms with E-state index < -0.39 is 0 Å². The normalized spacial score (nSPS) is 9.73. The molecule has 2 N–H and O–H groups in total. The molecule has 60 valence electrons. The van der Waals surface area contributed by atoms with Crippen molar-refractivity contribution in [2.75, 3.05) is 7.05 Å². The second-order valence-corrected chi connectivity index (χ2v) is 3.04. The number of thiazole rings is 1. The first-order valence-electron chi connectivity index (χ1n) is 3.05. The predicted molar refractivity (Wildman–Crippen MR) is 43.1 cm³/mol. The van der Waals surface area contributed by atoms with E-state index in [0.717, 1.165) is 10.7 Å². The lowest BCUT2D eigenvalue weighted by Crippen LogP contribution is -2.32. The first kappa shape index (κ1) is 8.16. The maximum Gasteiger partial charge on any atom is 0.279 e. The van der Waals surface area contributed by atoms with E-state index in [4.69, 9.17) is 5.84 Å². The van der Waals surface area contributed by atoms with E-state index in [1.807, 2.05) is 0 Å². The smallest absolute Gasteiger partial charge is 0.279 e. The van der Waals surface area contributed by atoms with Gasteiger partial charge < -0.3 is 0 Å². The third kappa shape index (κ3) is 1.55. The molecule has 0 aromatic carbocycles. The number of aryl methyl sites for hydroxylation is 1. The van der Waals surface area contributed by atoms with Crippen LogP contribution in [0.25, 0.3) is 0 Å². The van der Waals surface area contributed by atoms with Gasteiger partial charge in [0.05, 0.1) is 11.2 Å². The fraction of sp³-hybridized carbons (Fsp3) is 0.333. The Kier molecular flexibility index (Phi) is 2.21. The zero-order valence-electron chi connectivity index (χ0n) is 6.37. The van der Waals surface area contributed by atoms with E-state index in [1.54, 1.807) is 12.4 Å². The molecule has 0 saturated carbocycles. The molecule has 1 aromatic heterocycles. The summed E-state index contributed by atoms with van der Waals surface area (Å²) in [6.45, 7) is 1.78. The zero-order chi connectivity index (χ0) is 8.43. The van der Waals surface area contributed by atoms with Crippen molar-refractivity contribution < 1.29 is 4.79 Å². The predicted octanol–water partition coefficient (Wildman–Crippen LogP) is 0.397. The van der Waals surface area contributed by atoms with E-state index in [-0.39, 0.29) is 5.91 Å². The molecule has 0 fully saturated rings. The number of hydrogen-bond acceptors (Lipinski definition) is 4. The molecular formula is C6H9N3OS. The summed E-state index contributed by atoms with van der Waals surface area (Å²) in [5.74, 6) is 5.07. The van der Waals surface area contributed by atoms with Crippen LogP contribution in [0.2, 0.25) is 0 Å². The summed E-state index contributed by atoms with van der Waals surface area (Å²) in [7, 11) is 1.52. The lowest BCUT2D eigenvalue weighted by molar-refractivity contribution is 0.0799. The minimum atomic E-state index is -0.190. The SMILES string of the molecule is Cc1ncsc1C(=O)N(C)N. The van der Waals surface area contributed by atoms with Gasteiger partial charge in [0.2, 0.25) is 0 Å². The number of aromatic nitrogens is 1. The molecule has 5 heteroatoms. The highest BCUT2D eigenvalue weighted by atomic mass is 32.1. The van der Waals surface area contributed by atoms with Crippen molar-refractivity contribution >= 4 is 17.2 Å². The number of amides is 1. The Morgan fingerprint density at radius 3 is 2.82 bits per heavy atom. The van der Waals surface area contributed by atoms with Gasteiger partial charge in [0.25, 0.3) is 5.91 Å². The first-order valence-corrected chi connectivity index (χ1v) is 3.93. The number of carbonyl (C=O) groups excluding carboxylic acids is 1. The molecule has 0 aliphatic carbocycles. The summed E-state index contributed by atoms with van der Waals surface area (Å²) in [5.41, 5.74) is 2.36. The zero-order valence-corrected chi connectivity index (χ0v) is 7.18. The quantitative estimate of drug-likeness (QED) is 0.378. The van der Waals surface area contributed by atoms with Gasteiger partial charge in [-0.2, -0.15) is 0 Å². The number of hydrogen-bond donors (Lipinski definition) is 1. The third-order valence-corrected chi connectivity index (χ3v) is 2.18. The van der Waals surface area contributed by atoms with Crippen molar-refractivity contribution in [2.24, 2.45) is 5.84 Å². The fourth-order valence-corrected chi connectivity index (χ4v) is 1.45. The second kappa shape index (κ2) is 2.98. The van der Waals surface area contributed by atoms with Crippen LogP contribution in [0.5, 0.6) is 0 Å². The van der Waals surface area contributed by atoms with Gasteiger partial charge in [0.1, 0.15) is 4.88 Å². The van der Waals surface area contributed by atoms with Gasteiger partial charge in [-0.05, 0) is 6.92 Å². The number of nitrogens with zero attached hydrogens (tertiary/aromatic N) is 2. The summed E-state index contributed by atoms with van der Waals surface area (Å²) in [4.78, 5) is 15.7. The maximum atomic E-state index is 11.2. The van der Waals surface area contributed by atoms with Crippen molar-refractivity contribution in [1.29, 1.82) is 0 Å². The lowest BCUT2D eigenvalue weighted by Gasteiger charge is -2.07. The highest BCUT2D eigenvalue weighted by Gasteiger charge is 2.13. The van der Waals surface area contributed by atoms with Crippen molar-refractivity contribution in [3.05, 3.63) is 16.1 Å². The molecule has 4 nitrogen and oxygen atoms in total. The van der Waals surface area contributed by atoms with Crippen molar-refractivity contribution in [2.45, 2.75) is 6.92 Å². The van der Waals surface area contributed by atoms with Crippen LogP contribution in [0.1, 0.15) is 15.4 Å². The maximum absolute atomic E-state index is 11.2. The van der Waals surface area contributed by atoms with Gasteiger partial charge in [-0.3, -0.25) is 9.80 Å². The van der Waals surface area contributed by atoms with E-state index in [9.17, 15) is 4.79 Å². The summed E-state index contributed by atoms with van der Waals surface area (Å²) in [5, 5.41) is 1.06. The first-order chi connectivity index (χ1) is 5.13. The Bertz CT molecular complexity index is 269. The van der Waals surface area contributed by atoms with Gasteiger partial charge in [0, 0.05) is 7.05 Å². The molecular weight excluding hydrogens is 162 g/mol. The molecule has 0 saturated heterocycles. The molecule has 0 aliphatic rings. The van der Waals surface area contributed by atoms with Crippen LogP contribution in [0.4, 0.5) is 0 Å². The molecule has 0 radical (unpaired) electrons. The van der Waals surface area contributed by atoms with Crippen molar-refractivity contribution in [1.82, 2.24) is 9.99 Å². The molecule has 1 rings (SSSR count). The highest BCUT2D eigenvalue weighted by molar-refractivity contribution is 7.11. The van der Waals surface area contributed by atoms with Gasteiger partial charge in [-0.25, -0.2) is 10.8 Å². The van der Waals surface area contributed by atoms with Gasteiger partial charge >= 0.3 is 0 Å². The van der Waals surface area contributed by atoms with Crippen LogP contribution in [-0.2, 0) is 0 Å². The van der Waals surface area contributed by atoms with E-state index in [1.165, 1.54) is 18.4 Å². The summed E-state index contributed by atoms with van der Waals surface area (Å²) in [6.07, 6.45) is 0. The standard InChI is InChI=1S/C6H9N3OS/c1-4-5(11-3-8-4)6(10)9(2)7/h3H,7H2,1-2H3. The summed E-state index contributed by atoms with van der Waals surface area (Å²) in [6, 6.07) is 0. The lowest BCUT2D eigenvalue weighted by atomic mass is 10.4. The van der Waals surface area contributed by atoms with Gasteiger partial charge in [-0.15, -0.1) is 11.3 Å². The van der Waals surface area contributed by atoms with E-state index in [2.05, 4.69) is 4.98 Å². The fourth-order valence-electron chi connectivity index (χ4n) is 0.667. The Hall–Kier alpha value is -0.940. The average Bonchev–Trinajstić information content (AvgIpc) is 2.33. The molecule has 11 heavy (non-hydrogen) atoms. The molecule has 0 atom stereocenters. The summed E-state index contributed by atoms with van der Waals surface area (Å²) >= 11 is 1.30. The molecule has 1 heterocycles. The van der Waals surface area contributed by atoms with Crippen LogP contribution in [0.3, 0.4) is 0 Å². The van der Waals surface area contributed by atoms with Gasteiger partial charge in [0.15, 0.2) is 0 Å². The second-order valence-electron chi connectivity index (χ2n) is 2.18. The molecule has 0 spiro atoms. The van der Waals surface area contributed by atoms with Gasteiger partial charge in [-0.1, -0.05) is 0 Å². The number of nitrogens with two attached hydrogens (primary N) is 1. The van der Waals surface area contributed by atoms with Crippen LogP contribution < -0.4 is 5.84 Å². The van der Waals surface area contributed by atoms with Crippen molar-refractivity contribution in [3.63, 3.8) is 0 Å². The minimum absolute atomic E-state index is 0.190. The highest BCUT2D eigenvalue weighted by Crippen LogP contribution is 2.12. The minimum Gasteiger partial charge on any atom is -0.279 e.